The minimum absolute atomic E-state index is 0. The third kappa shape index (κ3) is 8.81. The van der Waals surface area contributed by atoms with Gasteiger partial charge in [0.2, 0.25) is 0 Å². The quantitative estimate of drug-likeness (QED) is 0.171. The molecule has 9 heteroatoms. The molecule has 32 heavy (non-hydrogen) atoms. The largest absolute Gasteiger partial charge is 0.497 e. The zero-order valence-corrected chi connectivity index (χ0v) is 21.4. The average Bonchev–Trinajstić information content (AvgIpc) is 2.81. The lowest BCUT2D eigenvalue weighted by molar-refractivity contribution is 0.0954. The summed E-state index contributed by atoms with van der Waals surface area (Å²) in [5.41, 5.74) is 1.71. The molecule has 0 fully saturated rings. The van der Waals surface area contributed by atoms with Crippen LogP contribution in [0.3, 0.4) is 0 Å². The highest BCUT2D eigenvalue weighted by molar-refractivity contribution is 14.0. The van der Waals surface area contributed by atoms with Gasteiger partial charge in [-0.25, -0.2) is 0 Å². The van der Waals surface area contributed by atoms with Crippen molar-refractivity contribution in [2.24, 2.45) is 4.99 Å². The van der Waals surface area contributed by atoms with Crippen molar-refractivity contribution < 1.29 is 19.0 Å². The SMILES string of the molecule is CCNC(=NCCc1ccc(OC)c(OC)c1)NCCNC(=O)c1ccc(OC)cc1.I. The van der Waals surface area contributed by atoms with Crippen molar-refractivity contribution in [1.29, 1.82) is 0 Å². The first-order valence-corrected chi connectivity index (χ1v) is 10.3. The van der Waals surface area contributed by atoms with Crippen molar-refractivity contribution in [3.05, 3.63) is 53.6 Å². The zero-order valence-electron chi connectivity index (χ0n) is 19.1. The Morgan fingerprint density at radius 2 is 1.56 bits per heavy atom. The molecule has 8 nitrogen and oxygen atoms in total. The number of amides is 1. The molecule has 0 saturated heterocycles. The molecule has 0 spiro atoms. The molecule has 0 aliphatic carbocycles. The van der Waals surface area contributed by atoms with Crippen molar-refractivity contribution in [2.45, 2.75) is 13.3 Å². The van der Waals surface area contributed by atoms with Gasteiger partial charge in [-0.05, 0) is 55.3 Å². The third-order valence-electron chi connectivity index (χ3n) is 4.52. The Kier molecular flexibility index (Phi) is 13.0. The fourth-order valence-electron chi connectivity index (χ4n) is 2.88. The van der Waals surface area contributed by atoms with Crippen molar-refractivity contribution in [3.8, 4) is 17.2 Å². The van der Waals surface area contributed by atoms with E-state index in [2.05, 4.69) is 20.9 Å². The van der Waals surface area contributed by atoms with Crippen LogP contribution in [0.25, 0.3) is 0 Å². The zero-order chi connectivity index (χ0) is 22.5. The summed E-state index contributed by atoms with van der Waals surface area (Å²) in [7, 11) is 4.84. The van der Waals surface area contributed by atoms with Gasteiger partial charge in [0.15, 0.2) is 17.5 Å². The Labute approximate surface area is 207 Å². The monoisotopic (exact) mass is 556 g/mol. The number of aliphatic imine (C=N–C) groups is 1. The van der Waals surface area contributed by atoms with Gasteiger partial charge in [-0.2, -0.15) is 0 Å². The maximum atomic E-state index is 12.2. The molecule has 2 aromatic rings. The maximum absolute atomic E-state index is 12.2. The molecule has 0 radical (unpaired) electrons. The standard InChI is InChI=1S/C23H32N4O4.HI/c1-5-24-23(26-13-12-17-6-11-20(30-3)21(16-17)31-4)27-15-14-25-22(28)18-7-9-19(29-2)10-8-18;/h6-11,16H,5,12-15H2,1-4H3,(H,25,28)(H2,24,26,27);1H. The molecule has 0 aliphatic rings. The average molecular weight is 556 g/mol. The first-order valence-electron chi connectivity index (χ1n) is 10.3. The number of ether oxygens (including phenoxy) is 3. The summed E-state index contributed by atoms with van der Waals surface area (Å²) in [4.78, 5) is 16.8. The van der Waals surface area contributed by atoms with E-state index in [9.17, 15) is 4.79 Å². The minimum Gasteiger partial charge on any atom is -0.497 e. The van der Waals surface area contributed by atoms with Crippen LogP contribution in [-0.2, 0) is 6.42 Å². The van der Waals surface area contributed by atoms with Crippen molar-refractivity contribution in [3.63, 3.8) is 0 Å². The number of nitrogens with one attached hydrogen (secondary N) is 3. The van der Waals surface area contributed by atoms with Gasteiger partial charge in [0.05, 0.1) is 21.3 Å². The first kappa shape index (κ1) is 27.3. The van der Waals surface area contributed by atoms with Gasteiger partial charge in [0.25, 0.3) is 5.91 Å². The number of halogens is 1. The number of carbonyl (C=O) groups is 1. The van der Waals surface area contributed by atoms with E-state index < -0.39 is 0 Å². The van der Waals surface area contributed by atoms with E-state index in [1.54, 1.807) is 45.6 Å². The van der Waals surface area contributed by atoms with Gasteiger partial charge in [-0.1, -0.05) is 6.07 Å². The molecular formula is C23H33IN4O4. The third-order valence-corrected chi connectivity index (χ3v) is 4.52. The number of guanidine groups is 1. The number of methoxy groups -OCH3 is 3. The molecule has 2 rings (SSSR count). The number of carbonyl (C=O) groups excluding carboxylic acids is 1. The highest BCUT2D eigenvalue weighted by Gasteiger charge is 2.06. The van der Waals surface area contributed by atoms with Gasteiger partial charge < -0.3 is 30.2 Å². The van der Waals surface area contributed by atoms with Crippen LogP contribution in [0, 0.1) is 0 Å². The molecule has 0 unspecified atom stereocenters. The van der Waals surface area contributed by atoms with Crippen molar-refractivity contribution in [2.75, 3.05) is 47.5 Å². The molecule has 0 atom stereocenters. The van der Waals surface area contributed by atoms with E-state index in [1.165, 1.54) is 0 Å². The molecule has 0 aliphatic heterocycles. The van der Waals surface area contributed by atoms with Crippen LogP contribution in [0.5, 0.6) is 17.2 Å². The van der Waals surface area contributed by atoms with E-state index in [0.29, 0.717) is 42.7 Å². The van der Waals surface area contributed by atoms with Crippen LogP contribution in [-0.4, -0.2) is 59.4 Å². The summed E-state index contributed by atoms with van der Waals surface area (Å²) >= 11 is 0. The molecule has 0 heterocycles. The van der Waals surface area contributed by atoms with Crippen LogP contribution in [0.4, 0.5) is 0 Å². The van der Waals surface area contributed by atoms with Crippen LogP contribution < -0.4 is 30.2 Å². The van der Waals surface area contributed by atoms with Crippen LogP contribution in [0.15, 0.2) is 47.5 Å². The van der Waals surface area contributed by atoms with Gasteiger partial charge >= 0.3 is 0 Å². The second-order valence-electron chi connectivity index (χ2n) is 6.61. The highest BCUT2D eigenvalue weighted by atomic mass is 127. The summed E-state index contributed by atoms with van der Waals surface area (Å²) in [5.74, 6) is 2.72. The Morgan fingerprint density at radius 1 is 0.875 bits per heavy atom. The number of rotatable bonds is 11. The molecule has 3 N–H and O–H groups in total. The lowest BCUT2D eigenvalue weighted by Gasteiger charge is -2.12. The van der Waals surface area contributed by atoms with E-state index >= 15 is 0 Å². The predicted molar refractivity (Wildman–Crippen MR) is 138 cm³/mol. The fourth-order valence-corrected chi connectivity index (χ4v) is 2.88. The van der Waals surface area contributed by atoms with E-state index in [4.69, 9.17) is 14.2 Å². The second kappa shape index (κ2) is 15.2. The summed E-state index contributed by atoms with van der Waals surface area (Å²) in [6.07, 6.45) is 0.769. The summed E-state index contributed by atoms with van der Waals surface area (Å²) < 4.78 is 15.7. The maximum Gasteiger partial charge on any atom is 0.251 e. The first-order chi connectivity index (χ1) is 15.1. The van der Waals surface area contributed by atoms with Crippen molar-refractivity contribution in [1.82, 2.24) is 16.0 Å². The topological polar surface area (TPSA) is 93.2 Å². The van der Waals surface area contributed by atoms with E-state index in [0.717, 1.165) is 24.3 Å². The number of nitrogens with zero attached hydrogens (tertiary/aromatic N) is 1. The normalized spacial score (nSPS) is 10.6. The van der Waals surface area contributed by atoms with E-state index in [1.807, 2.05) is 25.1 Å². The lowest BCUT2D eigenvalue weighted by atomic mass is 10.1. The number of hydrogen-bond acceptors (Lipinski definition) is 5. The predicted octanol–water partition coefficient (Wildman–Crippen LogP) is 2.86. The Bertz CT molecular complexity index is 860. The molecular weight excluding hydrogens is 523 g/mol. The molecule has 1 amide bonds. The minimum atomic E-state index is -0.125. The summed E-state index contributed by atoms with van der Waals surface area (Å²) in [5, 5.41) is 9.33. The Morgan fingerprint density at radius 3 is 2.19 bits per heavy atom. The number of benzene rings is 2. The van der Waals surface area contributed by atoms with Crippen LogP contribution in [0.1, 0.15) is 22.8 Å². The highest BCUT2D eigenvalue weighted by Crippen LogP contribution is 2.27. The van der Waals surface area contributed by atoms with Crippen LogP contribution in [0.2, 0.25) is 0 Å². The Hall–Kier alpha value is -2.69. The van der Waals surface area contributed by atoms with E-state index in [-0.39, 0.29) is 29.9 Å². The van der Waals surface area contributed by atoms with Gasteiger partial charge in [0, 0.05) is 31.7 Å². The molecule has 176 valence electrons. The second-order valence-corrected chi connectivity index (χ2v) is 6.61. The molecule has 0 bridgehead atoms. The van der Waals surface area contributed by atoms with Gasteiger partial charge in [-0.3, -0.25) is 9.79 Å². The molecule has 0 aromatic heterocycles. The smallest absolute Gasteiger partial charge is 0.251 e. The fraction of sp³-hybridized carbons (Fsp3) is 0.391. The number of hydrogen-bond donors (Lipinski definition) is 3. The lowest BCUT2D eigenvalue weighted by Crippen LogP contribution is -2.41. The summed E-state index contributed by atoms with van der Waals surface area (Å²) in [6.45, 7) is 4.41. The summed E-state index contributed by atoms with van der Waals surface area (Å²) in [6, 6.07) is 12.9. The van der Waals surface area contributed by atoms with Crippen LogP contribution >= 0.6 is 24.0 Å². The molecule has 2 aromatic carbocycles. The van der Waals surface area contributed by atoms with Crippen molar-refractivity contribution >= 4 is 35.8 Å². The molecule has 0 saturated carbocycles. The van der Waals surface area contributed by atoms with Gasteiger partial charge in [0.1, 0.15) is 5.75 Å². The van der Waals surface area contributed by atoms with Gasteiger partial charge in [-0.15, -0.1) is 24.0 Å². The Balaban J connectivity index is 0.00000512.